The number of carbonyl (C=O) groups is 5. The second kappa shape index (κ2) is 14.6. The second-order valence-corrected chi connectivity index (χ2v) is 10.7. The van der Waals surface area contributed by atoms with E-state index in [1.165, 1.54) is 0 Å². The average Bonchev–Trinajstić information content (AvgIpc) is 2.93. The Morgan fingerprint density at radius 2 is 1.64 bits per heavy atom. The molecule has 214 valence electrons. The molecule has 1 aromatic carbocycles. The van der Waals surface area contributed by atoms with Crippen LogP contribution in [0.1, 0.15) is 77.2 Å². The van der Waals surface area contributed by atoms with Gasteiger partial charge in [-0.25, -0.2) is 0 Å². The zero-order valence-corrected chi connectivity index (χ0v) is 23.0. The summed E-state index contributed by atoms with van der Waals surface area (Å²) in [5, 5.41) is 17.5. The molecule has 2 heterocycles. The molecule has 2 aliphatic heterocycles. The van der Waals surface area contributed by atoms with Crippen molar-refractivity contribution in [3.8, 4) is 0 Å². The average molecular weight is 543 g/mol. The van der Waals surface area contributed by atoms with Gasteiger partial charge < -0.3 is 26.0 Å². The number of amides is 4. The maximum atomic E-state index is 13.8. The number of carboxylic acid groups (broad SMARTS) is 1. The lowest BCUT2D eigenvalue weighted by Crippen LogP contribution is -2.64. The fourth-order valence-corrected chi connectivity index (χ4v) is 5.25. The van der Waals surface area contributed by atoms with Crippen LogP contribution in [0.25, 0.3) is 0 Å². The van der Waals surface area contributed by atoms with Gasteiger partial charge in [0, 0.05) is 19.4 Å². The first-order chi connectivity index (χ1) is 18.7. The molecule has 4 amide bonds. The van der Waals surface area contributed by atoms with Gasteiger partial charge in [-0.15, -0.1) is 0 Å². The van der Waals surface area contributed by atoms with Crippen molar-refractivity contribution in [1.29, 1.82) is 0 Å². The lowest BCUT2D eigenvalue weighted by atomic mass is 9.93. The number of hydrogen-bond donors (Lipinski definition) is 4. The monoisotopic (exact) mass is 542 g/mol. The third-order valence-electron chi connectivity index (χ3n) is 7.80. The van der Waals surface area contributed by atoms with Gasteiger partial charge in [0.15, 0.2) is 0 Å². The minimum atomic E-state index is -0.942. The van der Waals surface area contributed by atoms with Gasteiger partial charge in [0.2, 0.25) is 23.6 Å². The van der Waals surface area contributed by atoms with Crippen molar-refractivity contribution in [2.24, 2.45) is 5.92 Å². The molecule has 4 N–H and O–H groups in total. The van der Waals surface area contributed by atoms with Gasteiger partial charge in [-0.05, 0) is 43.6 Å². The topological polar surface area (TPSA) is 145 Å². The second-order valence-electron chi connectivity index (χ2n) is 10.7. The van der Waals surface area contributed by atoms with E-state index >= 15 is 0 Å². The van der Waals surface area contributed by atoms with Crippen LogP contribution in [-0.2, 0) is 30.4 Å². The van der Waals surface area contributed by atoms with Crippen molar-refractivity contribution >= 4 is 29.6 Å². The Labute approximate surface area is 230 Å². The normalized spacial score (nSPS) is 25.3. The standard InChI is InChI=1S/C29H42N4O6/c1-3-19(2)25-29(39)33-17-11-10-15-23(33)28(38)30-21(14-8-5-9-16-24(34)35)26(36)31-22(27(37)32-25)18-20-12-6-4-7-13-20/h4,6-7,12-13,19,21-23,25H,3,5,8-11,14-18H2,1-2H3,(H,30,38)(H,31,36)(H,32,37)(H,34,35)/t19-,21-,22-,23+,25-/m0/s1. The molecule has 0 aliphatic carbocycles. The molecule has 0 spiro atoms. The van der Waals surface area contributed by atoms with E-state index in [9.17, 15) is 24.0 Å². The number of nitrogens with one attached hydrogen (secondary N) is 3. The summed E-state index contributed by atoms with van der Waals surface area (Å²) in [6.45, 7) is 4.27. The summed E-state index contributed by atoms with van der Waals surface area (Å²) in [4.78, 5) is 66.8. The molecule has 10 heteroatoms. The van der Waals surface area contributed by atoms with E-state index in [2.05, 4.69) is 16.0 Å². The molecule has 0 aromatic heterocycles. The summed E-state index contributed by atoms with van der Waals surface area (Å²) in [7, 11) is 0. The molecule has 1 aromatic rings. The maximum Gasteiger partial charge on any atom is 0.303 e. The van der Waals surface area contributed by atoms with E-state index in [-0.39, 0.29) is 30.6 Å². The molecular formula is C29H42N4O6. The Morgan fingerprint density at radius 3 is 2.33 bits per heavy atom. The molecule has 0 radical (unpaired) electrons. The fourth-order valence-electron chi connectivity index (χ4n) is 5.25. The SMILES string of the molecule is CC[C@H](C)[C@@H]1NC(=O)[C@H](Cc2ccccc2)NC(=O)[C@H](CCCCCC(=O)O)NC(=O)[C@H]2CCCCN2C1=O. The van der Waals surface area contributed by atoms with Crippen LogP contribution < -0.4 is 16.0 Å². The summed E-state index contributed by atoms with van der Waals surface area (Å²) in [6.07, 6.45) is 4.85. The van der Waals surface area contributed by atoms with E-state index in [1.807, 2.05) is 44.2 Å². The first-order valence-electron chi connectivity index (χ1n) is 14.2. The smallest absolute Gasteiger partial charge is 0.303 e. The van der Waals surface area contributed by atoms with E-state index in [1.54, 1.807) is 4.90 Å². The summed E-state index contributed by atoms with van der Waals surface area (Å²) in [6, 6.07) is 5.94. The number of rotatable bonds is 10. The molecule has 2 saturated heterocycles. The quantitative estimate of drug-likeness (QED) is 0.334. The zero-order chi connectivity index (χ0) is 28.4. The Morgan fingerprint density at radius 1 is 0.949 bits per heavy atom. The lowest BCUT2D eigenvalue weighted by Gasteiger charge is -2.39. The zero-order valence-electron chi connectivity index (χ0n) is 23.0. The van der Waals surface area contributed by atoms with E-state index < -0.39 is 42.0 Å². The first-order valence-corrected chi connectivity index (χ1v) is 14.2. The van der Waals surface area contributed by atoms with Gasteiger partial charge in [-0.3, -0.25) is 24.0 Å². The number of unbranched alkanes of at least 4 members (excludes halogenated alkanes) is 2. The van der Waals surface area contributed by atoms with Crippen LogP contribution in [0, 0.1) is 5.92 Å². The predicted molar refractivity (Wildman–Crippen MR) is 145 cm³/mol. The molecule has 3 rings (SSSR count). The number of piperidine rings is 1. The van der Waals surface area contributed by atoms with Gasteiger partial charge in [-0.1, -0.05) is 63.4 Å². The van der Waals surface area contributed by atoms with Gasteiger partial charge in [0.25, 0.3) is 0 Å². The third-order valence-corrected chi connectivity index (χ3v) is 7.80. The van der Waals surface area contributed by atoms with Gasteiger partial charge >= 0.3 is 5.97 Å². The van der Waals surface area contributed by atoms with Crippen LogP contribution in [0.15, 0.2) is 30.3 Å². The Hall–Kier alpha value is -3.43. The van der Waals surface area contributed by atoms with Crippen LogP contribution in [0.5, 0.6) is 0 Å². The highest BCUT2D eigenvalue weighted by Crippen LogP contribution is 2.22. The van der Waals surface area contributed by atoms with Crippen LogP contribution in [0.4, 0.5) is 0 Å². The number of aliphatic carboxylic acids is 1. The number of nitrogens with zero attached hydrogens (tertiary/aromatic N) is 1. The first kappa shape index (κ1) is 30.1. The van der Waals surface area contributed by atoms with Crippen molar-refractivity contribution < 1.29 is 29.1 Å². The summed E-state index contributed by atoms with van der Waals surface area (Å²) in [5.41, 5.74) is 0.849. The summed E-state index contributed by atoms with van der Waals surface area (Å²) < 4.78 is 0. The van der Waals surface area contributed by atoms with Crippen LogP contribution in [0.3, 0.4) is 0 Å². The lowest BCUT2D eigenvalue weighted by molar-refractivity contribution is -0.147. The molecule has 10 nitrogen and oxygen atoms in total. The molecule has 0 unspecified atom stereocenters. The highest BCUT2D eigenvalue weighted by Gasteiger charge is 2.40. The van der Waals surface area contributed by atoms with Gasteiger partial charge in [0.1, 0.15) is 24.2 Å². The molecule has 5 atom stereocenters. The molecule has 0 saturated carbocycles. The largest absolute Gasteiger partial charge is 0.481 e. The molecule has 39 heavy (non-hydrogen) atoms. The van der Waals surface area contributed by atoms with Crippen LogP contribution in [-0.4, -0.2) is 70.3 Å². The molecule has 0 bridgehead atoms. The molecule has 2 fully saturated rings. The number of fused-ring (bicyclic) bond motifs is 1. The van der Waals surface area contributed by atoms with Crippen LogP contribution >= 0.6 is 0 Å². The van der Waals surface area contributed by atoms with Crippen molar-refractivity contribution in [2.45, 2.75) is 102 Å². The molecular weight excluding hydrogens is 500 g/mol. The highest BCUT2D eigenvalue weighted by atomic mass is 16.4. The van der Waals surface area contributed by atoms with E-state index in [0.717, 1.165) is 18.4 Å². The van der Waals surface area contributed by atoms with Gasteiger partial charge in [0.05, 0.1) is 0 Å². The predicted octanol–water partition coefficient (Wildman–Crippen LogP) is 2.16. The Balaban J connectivity index is 1.91. The Kier molecular flexibility index (Phi) is 11.3. The summed E-state index contributed by atoms with van der Waals surface area (Å²) >= 11 is 0. The Bertz CT molecular complexity index is 1020. The third kappa shape index (κ3) is 8.53. The molecule has 2 aliphatic rings. The van der Waals surface area contributed by atoms with Crippen molar-refractivity contribution in [3.63, 3.8) is 0 Å². The minimum Gasteiger partial charge on any atom is -0.481 e. The van der Waals surface area contributed by atoms with Crippen molar-refractivity contribution in [1.82, 2.24) is 20.9 Å². The van der Waals surface area contributed by atoms with E-state index in [4.69, 9.17) is 5.11 Å². The van der Waals surface area contributed by atoms with Crippen LogP contribution in [0.2, 0.25) is 0 Å². The number of hydrogen-bond acceptors (Lipinski definition) is 5. The van der Waals surface area contributed by atoms with E-state index in [0.29, 0.717) is 45.1 Å². The minimum absolute atomic E-state index is 0.0407. The number of carboxylic acids is 1. The van der Waals surface area contributed by atoms with Crippen molar-refractivity contribution in [3.05, 3.63) is 35.9 Å². The fraction of sp³-hybridized carbons (Fsp3) is 0.621. The number of carbonyl (C=O) groups excluding carboxylic acids is 4. The summed E-state index contributed by atoms with van der Waals surface area (Å²) in [5.74, 6) is -2.59. The number of benzene rings is 1. The maximum absolute atomic E-state index is 13.8. The van der Waals surface area contributed by atoms with Crippen molar-refractivity contribution in [2.75, 3.05) is 6.54 Å². The highest BCUT2D eigenvalue weighted by molar-refractivity contribution is 5.97. The van der Waals surface area contributed by atoms with Gasteiger partial charge in [-0.2, -0.15) is 0 Å².